The number of ether oxygens (including phenoxy) is 1. The highest BCUT2D eigenvalue weighted by molar-refractivity contribution is 7.07. The van der Waals surface area contributed by atoms with Crippen LogP contribution in [0.25, 0.3) is 0 Å². The predicted octanol–water partition coefficient (Wildman–Crippen LogP) is 1.39. The Morgan fingerprint density at radius 2 is 2.60 bits per heavy atom. The molecule has 56 valence electrons. The van der Waals surface area contributed by atoms with E-state index >= 15 is 0 Å². The Kier molecular flexibility index (Phi) is 2.86. The van der Waals surface area contributed by atoms with Crippen molar-refractivity contribution in [3.05, 3.63) is 22.4 Å². The molecule has 0 fully saturated rings. The molecule has 0 amide bonds. The molecular formula is C7H11NOS. The molecule has 1 heterocycles. The maximum Gasteiger partial charge on any atom is 0.0951 e. The van der Waals surface area contributed by atoms with Crippen LogP contribution in [0.4, 0.5) is 0 Å². The van der Waals surface area contributed by atoms with E-state index in [1.807, 2.05) is 11.4 Å². The zero-order valence-electron chi connectivity index (χ0n) is 5.91. The van der Waals surface area contributed by atoms with Gasteiger partial charge in [0.05, 0.1) is 6.10 Å². The molecule has 0 saturated carbocycles. The Hall–Kier alpha value is -0.380. The van der Waals surface area contributed by atoms with Gasteiger partial charge < -0.3 is 10.5 Å². The highest BCUT2D eigenvalue weighted by Crippen LogP contribution is 2.17. The summed E-state index contributed by atoms with van der Waals surface area (Å²) in [5.41, 5.74) is 6.63. The first kappa shape index (κ1) is 7.72. The zero-order chi connectivity index (χ0) is 7.40. The van der Waals surface area contributed by atoms with Gasteiger partial charge in [0, 0.05) is 13.7 Å². The average molecular weight is 157 g/mol. The van der Waals surface area contributed by atoms with Gasteiger partial charge >= 0.3 is 0 Å². The molecule has 1 rings (SSSR count). The lowest BCUT2D eigenvalue weighted by Gasteiger charge is -2.09. The molecule has 0 saturated heterocycles. The summed E-state index contributed by atoms with van der Waals surface area (Å²) < 4.78 is 5.13. The Balaban J connectivity index is 2.64. The molecule has 0 aromatic carbocycles. The summed E-state index contributed by atoms with van der Waals surface area (Å²) in [4.78, 5) is 0. The summed E-state index contributed by atoms with van der Waals surface area (Å²) >= 11 is 1.66. The maximum atomic E-state index is 5.45. The molecule has 0 aliphatic heterocycles. The van der Waals surface area contributed by atoms with Crippen LogP contribution in [0, 0.1) is 0 Å². The van der Waals surface area contributed by atoms with E-state index in [9.17, 15) is 0 Å². The predicted molar refractivity (Wildman–Crippen MR) is 43.1 cm³/mol. The molecule has 1 aromatic heterocycles. The SMILES string of the molecule is CO[C@@H](CN)c1ccsc1. The Morgan fingerprint density at radius 1 is 1.80 bits per heavy atom. The molecule has 2 nitrogen and oxygen atoms in total. The van der Waals surface area contributed by atoms with E-state index in [0.717, 1.165) is 0 Å². The molecule has 1 atom stereocenters. The quantitative estimate of drug-likeness (QED) is 0.719. The summed E-state index contributed by atoms with van der Waals surface area (Å²) in [6, 6.07) is 2.03. The highest BCUT2D eigenvalue weighted by atomic mass is 32.1. The third-order valence-electron chi connectivity index (χ3n) is 1.41. The van der Waals surface area contributed by atoms with Gasteiger partial charge in [0.15, 0.2) is 0 Å². The van der Waals surface area contributed by atoms with Crippen LogP contribution in [-0.4, -0.2) is 13.7 Å². The van der Waals surface area contributed by atoms with Gasteiger partial charge in [-0.1, -0.05) is 0 Å². The van der Waals surface area contributed by atoms with Crippen molar-refractivity contribution >= 4 is 11.3 Å². The van der Waals surface area contributed by atoms with Crippen LogP contribution in [0.15, 0.2) is 16.8 Å². The third kappa shape index (κ3) is 1.56. The largest absolute Gasteiger partial charge is 0.375 e. The first-order valence-electron chi connectivity index (χ1n) is 3.13. The van der Waals surface area contributed by atoms with Gasteiger partial charge in [-0.15, -0.1) is 0 Å². The molecule has 1 aromatic rings. The lowest BCUT2D eigenvalue weighted by Crippen LogP contribution is -2.13. The van der Waals surface area contributed by atoms with Crippen molar-refractivity contribution in [2.45, 2.75) is 6.10 Å². The second-order valence-electron chi connectivity index (χ2n) is 2.02. The molecule has 0 aliphatic rings. The van der Waals surface area contributed by atoms with E-state index in [4.69, 9.17) is 10.5 Å². The lowest BCUT2D eigenvalue weighted by atomic mass is 10.2. The minimum Gasteiger partial charge on any atom is -0.375 e. The summed E-state index contributed by atoms with van der Waals surface area (Å²) in [5.74, 6) is 0. The number of hydrogen-bond acceptors (Lipinski definition) is 3. The second-order valence-corrected chi connectivity index (χ2v) is 2.80. The highest BCUT2D eigenvalue weighted by Gasteiger charge is 2.06. The lowest BCUT2D eigenvalue weighted by molar-refractivity contribution is 0.111. The van der Waals surface area contributed by atoms with E-state index in [1.165, 1.54) is 5.56 Å². The van der Waals surface area contributed by atoms with Gasteiger partial charge in [0.1, 0.15) is 0 Å². The normalized spacial score (nSPS) is 13.4. The summed E-state index contributed by atoms with van der Waals surface area (Å²) in [6.07, 6.45) is 0.0752. The smallest absolute Gasteiger partial charge is 0.0951 e. The topological polar surface area (TPSA) is 35.2 Å². The number of nitrogens with two attached hydrogens (primary N) is 1. The van der Waals surface area contributed by atoms with Gasteiger partial charge in [-0.05, 0) is 22.4 Å². The van der Waals surface area contributed by atoms with Crippen molar-refractivity contribution in [2.24, 2.45) is 5.73 Å². The van der Waals surface area contributed by atoms with Crippen molar-refractivity contribution in [1.82, 2.24) is 0 Å². The third-order valence-corrected chi connectivity index (χ3v) is 2.12. The van der Waals surface area contributed by atoms with Crippen LogP contribution in [0.2, 0.25) is 0 Å². The first-order chi connectivity index (χ1) is 4.88. The fourth-order valence-electron chi connectivity index (χ4n) is 0.827. The van der Waals surface area contributed by atoms with Crippen molar-refractivity contribution in [3.63, 3.8) is 0 Å². The zero-order valence-corrected chi connectivity index (χ0v) is 6.73. The first-order valence-corrected chi connectivity index (χ1v) is 4.07. The van der Waals surface area contributed by atoms with Crippen LogP contribution in [-0.2, 0) is 4.74 Å². The molecule has 0 unspecified atom stereocenters. The van der Waals surface area contributed by atoms with E-state index in [-0.39, 0.29) is 6.10 Å². The van der Waals surface area contributed by atoms with Crippen molar-refractivity contribution in [1.29, 1.82) is 0 Å². The van der Waals surface area contributed by atoms with Crippen molar-refractivity contribution < 1.29 is 4.74 Å². The Morgan fingerprint density at radius 3 is 3.00 bits per heavy atom. The summed E-state index contributed by atoms with van der Waals surface area (Å²) in [7, 11) is 1.68. The minimum absolute atomic E-state index is 0.0752. The van der Waals surface area contributed by atoms with Crippen molar-refractivity contribution in [3.8, 4) is 0 Å². The summed E-state index contributed by atoms with van der Waals surface area (Å²) in [5, 5.41) is 4.08. The van der Waals surface area contributed by atoms with Crippen LogP contribution >= 0.6 is 11.3 Å². The molecular weight excluding hydrogens is 146 g/mol. The van der Waals surface area contributed by atoms with Crippen LogP contribution in [0.1, 0.15) is 11.7 Å². The minimum atomic E-state index is 0.0752. The maximum absolute atomic E-state index is 5.45. The molecule has 10 heavy (non-hydrogen) atoms. The van der Waals surface area contributed by atoms with E-state index < -0.39 is 0 Å². The second kappa shape index (κ2) is 3.71. The fourth-order valence-corrected chi connectivity index (χ4v) is 1.53. The summed E-state index contributed by atoms with van der Waals surface area (Å²) in [6.45, 7) is 0.549. The molecule has 0 spiro atoms. The van der Waals surface area contributed by atoms with E-state index in [1.54, 1.807) is 18.4 Å². The van der Waals surface area contributed by atoms with E-state index in [2.05, 4.69) is 5.38 Å². The van der Waals surface area contributed by atoms with Crippen LogP contribution in [0.3, 0.4) is 0 Å². The van der Waals surface area contributed by atoms with Gasteiger partial charge in [-0.25, -0.2) is 0 Å². The van der Waals surface area contributed by atoms with Gasteiger partial charge in [-0.2, -0.15) is 11.3 Å². The fraction of sp³-hybridized carbons (Fsp3) is 0.429. The van der Waals surface area contributed by atoms with Crippen molar-refractivity contribution in [2.75, 3.05) is 13.7 Å². The molecule has 0 aliphatic carbocycles. The van der Waals surface area contributed by atoms with Gasteiger partial charge in [0.25, 0.3) is 0 Å². The molecule has 0 radical (unpaired) electrons. The standard InChI is InChI=1S/C7H11NOS/c1-9-7(4-8)6-2-3-10-5-6/h2-3,5,7H,4,8H2,1H3/t7-/m0/s1. The number of hydrogen-bond donors (Lipinski definition) is 1. The average Bonchev–Trinajstić information content (AvgIpc) is 2.43. The van der Waals surface area contributed by atoms with Gasteiger partial charge in [0.2, 0.25) is 0 Å². The Labute approximate surface area is 64.6 Å². The molecule has 2 N–H and O–H groups in total. The number of rotatable bonds is 3. The van der Waals surface area contributed by atoms with E-state index in [0.29, 0.717) is 6.54 Å². The van der Waals surface area contributed by atoms with Crippen LogP contribution < -0.4 is 5.73 Å². The van der Waals surface area contributed by atoms with Crippen LogP contribution in [0.5, 0.6) is 0 Å². The number of thiophene rings is 1. The number of methoxy groups -OCH3 is 1. The monoisotopic (exact) mass is 157 g/mol. The Bertz CT molecular complexity index is 170. The molecule has 3 heteroatoms. The molecule has 0 bridgehead atoms. The van der Waals surface area contributed by atoms with Gasteiger partial charge in [-0.3, -0.25) is 0 Å².